The van der Waals surface area contributed by atoms with E-state index in [1.54, 1.807) is 13.2 Å². The summed E-state index contributed by atoms with van der Waals surface area (Å²) in [6.07, 6.45) is 15.9. The van der Waals surface area contributed by atoms with Crippen molar-refractivity contribution in [1.29, 1.82) is 0 Å². The fraction of sp³-hybridized carbons (Fsp3) is 0.280. The summed E-state index contributed by atoms with van der Waals surface area (Å²) in [5.74, 6) is 1.75. The van der Waals surface area contributed by atoms with Crippen LogP contribution < -0.4 is 15.5 Å². The van der Waals surface area contributed by atoms with Crippen LogP contribution in [0.15, 0.2) is 66.1 Å². The van der Waals surface area contributed by atoms with Crippen molar-refractivity contribution in [2.45, 2.75) is 25.3 Å². The number of urea groups is 1. The largest absolute Gasteiger partial charge is 0.356 e. The monoisotopic (exact) mass is 475 g/mol. The van der Waals surface area contributed by atoms with Gasteiger partial charge in [0, 0.05) is 61.3 Å². The highest BCUT2D eigenvalue weighted by Gasteiger charge is 2.22. The van der Waals surface area contributed by atoms with Crippen molar-refractivity contribution < 1.29 is 4.79 Å². The van der Waals surface area contributed by atoms with Crippen molar-refractivity contribution in [3.8, 4) is 11.4 Å². The maximum atomic E-state index is 11.6. The number of anilines is 1. The molecule has 34 heavy (non-hydrogen) atoms. The number of carbonyl (C=O) groups is 1. The van der Waals surface area contributed by atoms with Gasteiger partial charge in [0.15, 0.2) is 0 Å². The Labute approximate surface area is 203 Å². The van der Waals surface area contributed by atoms with Crippen LogP contribution in [0.2, 0.25) is 0 Å². The van der Waals surface area contributed by atoms with Crippen LogP contribution in [0.3, 0.4) is 0 Å². The van der Waals surface area contributed by atoms with E-state index in [4.69, 9.17) is 21.6 Å². The Balaban J connectivity index is 1.41. The van der Waals surface area contributed by atoms with Crippen molar-refractivity contribution >= 4 is 40.2 Å². The third-order valence-corrected chi connectivity index (χ3v) is 6.42. The Kier molecular flexibility index (Phi) is 6.31. The number of halogens is 1. The van der Waals surface area contributed by atoms with Crippen LogP contribution in [0.4, 0.5) is 10.6 Å². The Morgan fingerprint density at radius 2 is 2.00 bits per heavy atom. The van der Waals surface area contributed by atoms with E-state index in [2.05, 4.69) is 31.2 Å². The summed E-state index contributed by atoms with van der Waals surface area (Å²) in [4.78, 5) is 27.8. The van der Waals surface area contributed by atoms with E-state index in [0.29, 0.717) is 5.03 Å². The van der Waals surface area contributed by atoms with Crippen LogP contribution in [0.1, 0.15) is 19.3 Å². The Morgan fingerprint density at radius 3 is 2.76 bits per heavy atom. The molecule has 5 rings (SSSR count). The van der Waals surface area contributed by atoms with Gasteiger partial charge in [-0.25, -0.2) is 14.8 Å². The Morgan fingerprint density at radius 1 is 1.15 bits per heavy atom. The number of carbonyl (C=O) groups excluding carboxylic acids is 1. The van der Waals surface area contributed by atoms with Gasteiger partial charge in [-0.3, -0.25) is 9.55 Å². The molecule has 4 heterocycles. The summed E-state index contributed by atoms with van der Waals surface area (Å²) in [7, 11) is 1.63. The lowest BCUT2D eigenvalue weighted by Crippen LogP contribution is -2.47. The van der Waals surface area contributed by atoms with Gasteiger partial charge in [0.1, 0.15) is 11.6 Å². The SMILES string of the molecule is CNC(=O)NC1CCN(c2ccc(-c3nc4ccncc4n3C3=CC=C(Cl)C=CC3)cn2)CC1. The number of hydrogen-bond acceptors (Lipinski definition) is 5. The van der Waals surface area contributed by atoms with E-state index >= 15 is 0 Å². The van der Waals surface area contributed by atoms with E-state index in [-0.39, 0.29) is 12.1 Å². The third-order valence-electron chi connectivity index (χ3n) is 6.17. The molecule has 1 fully saturated rings. The number of rotatable bonds is 4. The van der Waals surface area contributed by atoms with Crippen LogP contribution in [0, 0.1) is 0 Å². The average molecular weight is 476 g/mol. The van der Waals surface area contributed by atoms with Crippen LogP contribution in [0.25, 0.3) is 28.1 Å². The molecule has 1 aliphatic heterocycles. The molecule has 2 aliphatic rings. The summed E-state index contributed by atoms with van der Waals surface area (Å²) >= 11 is 6.21. The van der Waals surface area contributed by atoms with Gasteiger partial charge < -0.3 is 15.5 Å². The second-order valence-electron chi connectivity index (χ2n) is 8.34. The molecule has 0 atom stereocenters. The van der Waals surface area contributed by atoms with Gasteiger partial charge in [0.05, 0.1) is 17.2 Å². The van der Waals surface area contributed by atoms with Gasteiger partial charge >= 0.3 is 6.03 Å². The molecule has 0 saturated carbocycles. The van der Waals surface area contributed by atoms with E-state index in [1.165, 1.54) is 0 Å². The fourth-order valence-electron chi connectivity index (χ4n) is 4.38. The number of hydrogen-bond donors (Lipinski definition) is 2. The zero-order valence-corrected chi connectivity index (χ0v) is 19.7. The predicted molar refractivity (Wildman–Crippen MR) is 136 cm³/mol. The molecule has 9 heteroatoms. The molecule has 0 bridgehead atoms. The minimum atomic E-state index is -0.129. The molecular weight excluding hydrogens is 450 g/mol. The van der Waals surface area contributed by atoms with Crippen molar-refractivity contribution in [2.75, 3.05) is 25.0 Å². The molecule has 1 aliphatic carbocycles. The van der Waals surface area contributed by atoms with Gasteiger partial charge in [-0.1, -0.05) is 17.7 Å². The van der Waals surface area contributed by atoms with Crippen LogP contribution >= 0.6 is 11.6 Å². The standard InChI is InChI=1S/C25H26ClN7O/c1-27-25(34)30-19-10-13-32(14-11-19)23-8-5-17(15-29-23)24-31-21-9-12-28-16-22(21)33(24)20-4-2-3-18(26)6-7-20/h2-3,5-9,12,15-16,19H,4,10-11,13-14H2,1H3,(H2,27,30,34). The first-order valence-electron chi connectivity index (χ1n) is 11.4. The Bertz CT molecular complexity index is 1280. The second kappa shape index (κ2) is 9.69. The fourth-order valence-corrected chi connectivity index (χ4v) is 4.53. The first-order valence-corrected chi connectivity index (χ1v) is 11.8. The molecule has 1 saturated heterocycles. The first kappa shape index (κ1) is 22.2. The summed E-state index contributed by atoms with van der Waals surface area (Å²) in [5.41, 5.74) is 3.81. The summed E-state index contributed by atoms with van der Waals surface area (Å²) < 4.78 is 2.13. The summed E-state index contributed by atoms with van der Waals surface area (Å²) in [5, 5.41) is 6.30. The molecule has 0 radical (unpaired) electrons. The molecule has 3 aromatic rings. The van der Waals surface area contributed by atoms with Gasteiger partial charge in [-0.15, -0.1) is 0 Å². The van der Waals surface area contributed by atoms with Crippen molar-refractivity contribution in [3.05, 3.63) is 66.1 Å². The smallest absolute Gasteiger partial charge is 0.314 e. The molecule has 0 unspecified atom stereocenters. The molecule has 2 N–H and O–H groups in total. The minimum absolute atomic E-state index is 0.129. The number of fused-ring (bicyclic) bond motifs is 1. The predicted octanol–water partition coefficient (Wildman–Crippen LogP) is 4.31. The van der Waals surface area contributed by atoms with Crippen LogP contribution in [0.5, 0.6) is 0 Å². The van der Waals surface area contributed by atoms with E-state index in [1.807, 2.05) is 48.8 Å². The maximum absolute atomic E-state index is 11.6. The normalized spacial score (nSPS) is 16.7. The molecule has 8 nitrogen and oxygen atoms in total. The van der Waals surface area contributed by atoms with Gasteiger partial charge in [0.25, 0.3) is 0 Å². The molecular formula is C25H26ClN7O. The number of nitrogens with zero attached hydrogens (tertiary/aromatic N) is 5. The molecule has 174 valence electrons. The first-order chi connectivity index (χ1) is 16.6. The molecule has 2 amide bonds. The lowest BCUT2D eigenvalue weighted by Gasteiger charge is -2.33. The zero-order chi connectivity index (χ0) is 23.5. The van der Waals surface area contributed by atoms with E-state index < -0.39 is 0 Å². The van der Waals surface area contributed by atoms with Gasteiger partial charge in [0.2, 0.25) is 0 Å². The lowest BCUT2D eigenvalue weighted by molar-refractivity contribution is 0.236. The number of aromatic nitrogens is 4. The molecule has 0 spiro atoms. The number of nitrogens with one attached hydrogen (secondary N) is 2. The average Bonchev–Trinajstić information content (AvgIpc) is 3.13. The summed E-state index contributed by atoms with van der Waals surface area (Å²) in [6, 6.07) is 6.09. The number of amides is 2. The van der Waals surface area contributed by atoms with Crippen LogP contribution in [-0.2, 0) is 0 Å². The quantitative estimate of drug-likeness (QED) is 0.587. The number of imidazole rings is 1. The molecule has 0 aromatic carbocycles. The van der Waals surface area contributed by atoms with E-state index in [0.717, 1.165) is 66.3 Å². The van der Waals surface area contributed by atoms with Gasteiger partial charge in [-0.05, 0) is 49.3 Å². The molecule has 3 aromatic heterocycles. The zero-order valence-electron chi connectivity index (χ0n) is 18.9. The van der Waals surface area contributed by atoms with Crippen molar-refractivity contribution in [1.82, 2.24) is 30.2 Å². The topological polar surface area (TPSA) is 88.0 Å². The number of pyridine rings is 2. The lowest BCUT2D eigenvalue weighted by atomic mass is 10.1. The second-order valence-corrected chi connectivity index (χ2v) is 8.78. The van der Waals surface area contributed by atoms with Crippen molar-refractivity contribution in [2.24, 2.45) is 0 Å². The highest BCUT2D eigenvalue weighted by molar-refractivity contribution is 6.31. The van der Waals surface area contributed by atoms with Crippen LogP contribution in [-0.4, -0.2) is 51.7 Å². The third kappa shape index (κ3) is 4.54. The van der Waals surface area contributed by atoms with Gasteiger partial charge in [-0.2, -0.15) is 0 Å². The highest BCUT2D eigenvalue weighted by atomic mass is 35.5. The Hall–Kier alpha value is -3.65. The number of piperidine rings is 1. The highest BCUT2D eigenvalue weighted by Crippen LogP contribution is 2.31. The number of allylic oxidation sites excluding steroid dienone is 6. The summed E-state index contributed by atoms with van der Waals surface area (Å²) in [6.45, 7) is 1.69. The maximum Gasteiger partial charge on any atom is 0.314 e. The van der Waals surface area contributed by atoms with Crippen molar-refractivity contribution in [3.63, 3.8) is 0 Å². The van der Waals surface area contributed by atoms with E-state index in [9.17, 15) is 4.79 Å². The minimum Gasteiger partial charge on any atom is -0.356 e.